The van der Waals surface area contributed by atoms with Crippen LogP contribution in [0.15, 0.2) is 11.6 Å². The first kappa shape index (κ1) is 43.5. The molecule has 0 amide bonds. The third-order valence-electron chi connectivity index (χ3n) is 14.7. The van der Waals surface area contributed by atoms with E-state index >= 15 is 0 Å². The number of allylic oxidation sites excluding steroid dienone is 1. The summed E-state index contributed by atoms with van der Waals surface area (Å²) in [5.74, 6) is 16.8. The molecule has 0 spiro atoms. The molecule has 0 bridgehead atoms. The van der Waals surface area contributed by atoms with E-state index in [4.69, 9.17) is 9.84 Å². The Labute approximate surface area is 326 Å². The molecule has 3 saturated carbocycles. The summed E-state index contributed by atoms with van der Waals surface area (Å²) in [5, 5.41) is 8.66. The predicted molar refractivity (Wildman–Crippen MR) is 220 cm³/mol. The van der Waals surface area contributed by atoms with Gasteiger partial charge in [0.15, 0.2) is 0 Å². The number of fused-ring (bicyclic) bond motifs is 5. The lowest BCUT2D eigenvalue weighted by Crippen LogP contribution is -2.51. The minimum Gasteiger partial charge on any atom is -0.481 e. The van der Waals surface area contributed by atoms with Crippen molar-refractivity contribution >= 4 is 11.9 Å². The molecule has 0 aliphatic heterocycles. The van der Waals surface area contributed by atoms with Crippen molar-refractivity contribution in [3.63, 3.8) is 0 Å². The van der Waals surface area contributed by atoms with Crippen molar-refractivity contribution < 1.29 is 19.4 Å². The summed E-state index contributed by atoms with van der Waals surface area (Å²) in [6.45, 7) is 12.6. The highest BCUT2D eigenvalue weighted by molar-refractivity contribution is 5.69. The van der Waals surface area contributed by atoms with Gasteiger partial charge in [-0.3, -0.25) is 9.59 Å². The Morgan fingerprint density at radius 3 is 2.02 bits per heavy atom. The molecule has 0 aromatic heterocycles. The maximum atomic E-state index is 12.8. The van der Waals surface area contributed by atoms with Crippen molar-refractivity contribution in [1.82, 2.24) is 0 Å². The third kappa shape index (κ3) is 13.2. The lowest BCUT2D eigenvalue weighted by molar-refractivity contribution is -0.151. The van der Waals surface area contributed by atoms with Gasteiger partial charge in [-0.05, 0) is 129 Å². The van der Waals surface area contributed by atoms with Gasteiger partial charge in [-0.2, -0.15) is 0 Å². The van der Waals surface area contributed by atoms with Crippen LogP contribution in [0.2, 0.25) is 0 Å². The number of ether oxygens (including phenoxy) is 1. The van der Waals surface area contributed by atoms with E-state index in [2.05, 4.69) is 64.4 Å². The summed E-state index contributed by atoms with van der Waals surface area (Å²) >= 11 is 0. The minimum absolute atomic E-state index is 0.0187. The van der Waals surface area contributed by atoms with E-state index in [9.17, 15) is 9.59 Å². The van der Waals surface area contributed by atoms with Crippen molar-refractivity contribution in [2.75, 3.05) is 0 Å². The molecule has 4 rings (SSSR count). The fourth-order valence-corrected chi connectivity index (χ4v) is 11.6. The summed E-state index contributed by atoms with van der Waals surface area (Å²) in [6, 6.07) is 0. The van der Waals surface area contributed by atoms with Crippen molar-refractivity contribution in [2.45, 2.75) is 214 Å². The lowest BCUT2D eigenvalue weighted by Gasteiger charge is -2.58. The first-order chi connectivity index (χ1) is 25.5. The van der Waals surface area contributed by atoms with E-state index in [1.165, 1.54) is 77.0 Å². The Balaban J connectivity index is 1.05. The van der Waals surface area contributed by atoms with Gasteiger partial charge in [-0.15, -0.1) is 0 Å². The van der Waals surface area contributed by atoms with Crippen LogP contribution < -0.4 is 0 Å². The number of rotatable bonds is 22. The van der Waals surface area contributed by atoms with Crippen LogP contribution in [0.3, 0.4) is 0 Å². The second-order valence-electron chi connectivity index (χ2n) is 18.9. The number of aliphatic carboxylic acids is 1. The zero-order chi connectivity index (χ0) is 38.1. The normalized spacial score (nSPS) is 29.4. The molecule has 53 heavy (non-hydrogen) atoms. The Kier molecular flexibility index (Phi) is 18.4. The third-order valence-corrected chi connectivity index (χ3v) is 14.7. The van der Waals surface area contributed by atoms with Crippen LogP contribution >= 0.6 is 0 Å². The smallest absolute Gasteiger partial charge is 0.306 e. The Morgan fingerprint density at radius 2 is 1.38 bits per heavy atom. The van der Waals surface area contributed by atoms with Gasteiger partial charge >= 0.3 is 11.9 Å². The van der Waals surface area contributed by atoms with Gasteiger partial charge in [-0.25, -0.2) is 0 Å². The topological polar surface area (TPSA) is 63.6 Å². The monoisotopic (exact) mass is 731 g/mol. The molecule has 4 nitrogen and oxygen atoms in total. The van der Waals surface area contributed by atoms with Gasteiger partial charge in [0.2, 0.25) is 0 Å². The summed E-state index contributed by atoms with van der Waals surface area (Å²) in [6.07, 6.45) is 32.8. The molecule has 0 aromatic rings. The predicted octanol–water partition coefficient (Wildman–Crippen LogP) is 13.3. The molecule has 0 radical (unpaired) electrons. The maximum absolute atomic E-state index is 12.8. The van der Waals surface area contributed by atoms with Crippen LogP contribution in [0.4, 0.5) is 0 Å². The van der Waals surface area contributed by atoms with Crippen LogP contribution in [-0.4, -0.2) is 23.1 Å². The number of carboxylic acid groups (broad SMARTS) is 1. The average molecular weight is 731 g/mol. The van der Waals surface area contributed by atoms with Gasteiger partial charge in [0, 0.05) is 32.1 Å². The number of carbonyl (C=O) groups excluding carboxylic acids is 1. The van der Waals surface area contributed by atoms with Crippen LogP contribution in [0, 0.1) is 70.0 Å². The van der Waals surface area contributed by atoms with E-state index in [1.807, 2.05) is 0 Å². The SMILES string of the molecule is CC(C)CCC[C@@H](C)[C@H]1CC[C@H]2[C@@H]3CC=C4C[C@@H](OC(=O)CCCCCCCCC#CC#CCCCCCCCCC(=O)O)CC[C@]4(C)[C@H]3CC[C@]12C. The second kappa shape index (κ2) is 22.4. The van der Waals surface area contributed by atoms with Crippen molar-refractivity contribution in [2.24, 2.45) is 46.3 Å². The molecule has 4 aliphatic carbocycles. The van der Waals surface area contributed by atoms with Crippen molar-refractivity contribution in [3.8, 4) is 23.7 Å². The van der Waals surface area contributed by atoms with Crippen LogP contribution in [0.5, 0.6) is 0 Å². The van der Waals surface area contributed by atoms with Gasteiger partial charge in [0.25, 0.3) is 0 Å². The molecular formula is C49H78O4. The van der Waals surface area contributed by atoms with Crippen LogP contribution in [-0.2, 0) is 14.3 Å². The number of esters is 1. The first-order valence-corrected chi connectivity index (χ1v) is 22.6. The highest BCUT2D eigenvalue weighted by Gasteiger charge is 2.59. The van der Waals surface area contributed by atoms with E-state index < -0.39 is 5.97 Å². The summed E-state index contributed by atoms with van der Waals surface area (Å²) in [5.41, 5.74) is 2.46. The molecular weight excluding hydrogens is 653 g/mol. The average Bonchev–Trinajstić information content (AvgIpc) is 3.48. The van der Waals surface area contributed by atoms with Crippen LogP contribution in [0.25, 0.3) is 0 Å². The molecule has 8 atom stereocenters. The zero-order valence-electron chi connectivity index (χ0n) is 34.9. The maximum Gasteiger partial charge on any atom is 0.306 e. The molecule has 4 aliphatic rings. The van der Waals surface area contributed by atoms with Gasteiger partial charge in [-0.1, -0.05) is 129 Å². The Morgan fingerprint density at radius 1 is 0.755 bits per heavy atom. The molecule has 298 valence electrons. The Hall–Kier alpha value is -2.20. The number of carboxylic acids is 1. The van der Waals surface area contributed by atoms with E-state index in [-0.39, 0.29) is 12.1 Å². The molecule has 0 heterocycles. The fourth-order valence-electron chi connectivity index (χ4n) is 11.6. The largest absolute Gasteiger partial charge is 0.481 e. The van der Waals surface area contributed by atoms with Gasteiger partial charge in [0.05, 0.1) is 0 Å². The van der Waals surface area contributed by atoms with E-state index in [1.54, 1.807) is 5.57 Å². The van der Waals surface area contributed by atoms with E-state index in [0.717, 1.165) is 119 Å². The molecule has 0 aromatic carbocycles. The second-order valence-corrected chi connectivity index (χ2v) is 18.9. The number of hydrogen-bond donors (Lipinski definition) is 1. The van der Waals surface area contributed by atoms with Crippen LogP contribution in [0.1, 0.15) is 208 Å². The summed E-state index contributed by atoms with van der Waals surface area (Å²) in [4.78, 5) is 23.4. The molecule has 0 unspecified atom stereocenters. The first-order valence-electron chi connectivity index (χ1n) is 22.6. The lowest BCUT2D eigenvalue weighted by atomic mass is 9.47. The number of hydrogen-bond acceptors (Lipinski definition) is 3. The minimum atomic E-state index is -0.691. The molecule has 4 heteroatoms. The standard InChI is InChI=1S/C49H78O4/c1-38(2)25-24-26-39(3)43-31-32-44-42-30-29-40-37-41(33-35-48(40,4)45(42)34-36-49(43,44)5)53-47(52)28-23-21-19-17-15-13-11-9-7-6-8-10-12-14-16-18-20-22-27-46(50)51/h29,38-39,41-45H,10-28,30-37H2,1-5H3,(H,50,51)/t39-,41+,42+,43-,44+,45+,48+,49-/m1/s1. The molecule has 1 N–H and O–H groups in total. The zero-order valence-corrected chi connectivity index (χ0v) is 34.9. The van der Waals surface area contributed by atoms with Crippen molar-refractivity contribution in [1.29, 1.82) is 0 Å². The summed E-state index contributed by atoms with van der Waals surface area (Å²) < 4.78 is 6.12. The Bertz CT molecular complexity index is 1290. The number of unbranched alkanes of at least 4 members (excludes halogenated alkanes) is 12. The summed E-state index contributed by atoms with van der Waals surface area (Å²) in [7, 11) is 0. The quantitative estimate of drug-likeness (QED) is 0.0521. The number of carbonyl (C=O) groups is 2. The van der Waals surface area contributed by atoms with E-state index in [0.29, 0.717) is 23.7 Å². The highest BCUT2D eigenvalue weighted by Crippen LogP contribution is 2.67. The highest BCUT2D eigenvalue weighted by atomic mass is 16.5. The fraction of sp³-hybridized carbons (Fsp3) is 0.837. The van der Waals surface area contributed by atoms with Gasteiger partial charge in [0.1, 0.15) is 6.10 Å². The van der Waals surface area contributed by atoms with Crippen molar-refractivity contribution in [3.05, 3.63) is 11.6 Å². The van der Waals surface area contributed by atoms with Gasteiger partial charge < -0.3 is 9.84 Å². The molecule has 0 saturated heterocycles. The molecule has 3 fully saturated rings.